The molecule has 0 spiro atoms. The number of amides is 1. The van der Waals surface area contributed by atoms with Crippen molar-refractivity contribution in [3.05, 3.63) is 63.4 Å². The Balaban J connectivity index is 1.38. The van der Waals surface area contributed by atoms with Gasteiger partial charge in [0.1, 0.15) is 0 Å². The highest BCUT2D eigenvalue weighted by molar-refractivity contribution is 9.10. The summed E-state index contributed by atoms with van der Waals surface area (Å²) in [5.74, 6) is 0.522. The summed E-state index contributed by atoms with van der Waals surface area (Å²) in [5, 5.41) is 9.36. The van der Waals surface area contributed by atoms with Gasteiger partial charge in [0.2, 0.25) is 0 Å². The normalized spacial score (nSPS) is 19.7. The van der Waals surface area contributed by atoms with Crippen LogP contribution in [0.5, 0.6) is 0 Å². The van der Waals surface area contributed by atoms with E-state index >= 15 is 0 Å². The molecule has 0 bridgehead atoms. The fourth-order valence-electron chi connectivity index (χ4n) is 5.62. The molecule has 2 saturated heterocycles. The average molecular weight is 542 g/mol. The fourth-order valence-corrected chi connectivity index (χ4v) is 5.89. The Labute approximate surface area is 217 Å². The van der Waals surface area contributed by atoms with E-state index in [1.54, 1.807) is 6.20 Å². The van der Waals surface area contributed by atoms with Gasteiger partial charge in [-0.05, 0) is 88.9 Å². The zero-order valence-corrected chi connectivity index (χ0v) is 22.7. The minimum absolute atomic E-state index is 0.0737. The molecule has 2 aliphatic rings. The first kappa shape index (κ1) is 26.0. The van der Waals surface area contributed by atoms with Crippen molar-refractivity contribution in [1.29, 1.82) is 0 Å². The lowest BCUT2D eigenvalue weighted by molar-refractivity contribution is 0.0164. The van der Waals surface area contributed by atoms with Crippen molar-refractivity contribution in [2.75, 3.05) is 39.3 Å². The Morgan fingerprint density at radius 3 is 2.37 bits per heavy atom. The molecule has 4 rings (SSSR count). The largest absolute Gasteiger partial charge is 0.394 e. The summed E-state index contributed by atoms with van der Waals surface area (Å²) in [7, 11) is 0. The Morgan fingerprint density at radius 2 is 1.77 bits per heavy atom. The average Bonchev–Trinajstić information content (AvgIpc) is 2.86. The Bertz CT molecular complexity index is 1030. The molecule has 7 heteroatoms. The lowest BCUT2D eigenvalue weighted by Crippen LogP contribution is -2.56. The summed E-state index contributed by atoms with van der Waals surface area (Å²) in [6.07, 6.45) is 5.87. The number of rotatable bonds is 6. The van der Waals surface area contributed by atoms with Crippen LogP contribution in [0.4, 0.5) is 0 Å². The van der Waals surface area contributed by atoms with E-state index in [9.17, 15) is 9.90 Å². The second-order valence-corrected chi connectivity index (χ2v) is 11.1. The van der Waals surface area contributed by atoms with Gasteiger partial charge in [0.05, 0.1) is 24.4 Å². The van der Waals surface area contributed by atoms with Gasteiger partial charge >= 0.3 is 0 Å². The number of aliphatic hydroxyl groups excluding tert-OH is 1. The lowest BCUT2D eigenvalue weighted by Gasteiger charge is -2.49. The van der Waals surface area contributed by atoms with E-state index in [1.807, 2.05) is 24.8 Å². The van der Waals surface area contributed by atoms with Crippen LogP contribution in [0.3, 0.4) is 0 Å². The number of aromatic nitrogens is 1. The number of nitrogens with zero attached hydrogens (tertiary/aromatic N) is 4. The third-order valence-corrected chi connectivity index (χ3v) is 8.39. The topological polar surface area (TPSA) is 69.0 Å². The lowest BCUT2D eigenvalue weighted by atomic mass is 9.82. The number of hydrogen-bond donors (Lipinski definition) is 1. The van der Waals surface area contributed by atoms with Crippen molar-refractivity contribution < 1.29 is 9.90 Å². The van der Waals surface area contributed by atoms with E-state index in [-0.39, 0.29) is 18.1 Å². The van der Waals surface area contributed by atoms with Gasteiger partial charge in [0.15, 0.2) is 0 Å². The first-order valence-electron chi connectivity index (χ1n) is 12.7. The zero-order valence-electron chi connectivity index (χ0n) is 21.1. The zero-order chi connectivity index (χ0) is 25.0. The van der Waals surface area contributed by atoms with Crippen LogP contribution in [-0.2, 0) is 0 Å². The number of piperidine rings is 2. The van der Waals surface area contributed by atoms with Crippen LogP contribution in [-0.4, -0.2) is 76.4 Å². The predicted molar refractivity (Wildman–Crippen MR) is 144 cm³/mol. The van der Waals surface area contributed by atoms with Crippen LogP contribution < -0.4 is 0 Å². The number of benzene rings is 1. The minimum atomic E-state index is 0.0737. The number of hydrogen-bond acceptors (Lipinski definition) is 5. The van der Waals surface area contributed by atoms with Crippen molar-refractivity contribution in [3.63, 3.8) is 0 Å². The standard InChI is InChI=1S/C28H37BrN4O2/c1-20-8-13-30-21(2)25(20)27(35)32-17-11-28(3,12-18-32)33-15-9-23(10-16-33)26(31-14-19-34)22-4-6-24(29)7-5-22/h4-8,13,23,34H,9-12,14-19H2,1-3H3. The monoisotopic (exact) mass is 540 g/mol. The summed E-state index contributed by atoms with van der Waals surface area (Å²) in [6, 6.07) is 10.3. The van der Waals surface area contributed by atoms with E-state index < -0.39 is 0 Å². The predicted octanol–water partition coefficient (Wildman–Crippen LogP) is 4.65. The maximum atomic E-state index is 13.2. The molecule has 188 valence electrons. The molecule has 1 aromatic heterocycles. The first-order chi connectivity index (χ1) is 16.8. The molecule has 1 amide bonds. The Morgan fingerprint density at radius 1 is 1.11 bits per heavy atom. The minimum Gasteiger partial charge on any atom is -0.394 e. The first-order valence-corrected chi connectivity index (χ1v) is 13.5. The van der Waals surface area contributed by atoms with Crippen molar-refractivity contribution in [2.45, 2.75) is 52.0 Å². The van der Waals surface area contributed by atoms with E-state index in [0.29, 0.717) is 12.5 Å². The number of aryl methyl sites for hydroxylation is 2. The van der Waals surface area contributed by atoms with Gasteiger partial charge in [-0.2, -0.15) is 0 Å². The third kappa shape index (κ3) is 5.84. The number of pyridine rings is 1. The summed E-state index contributed by atoms with van der Waals surface area (Å²) >= 11 is 3.52. The number of carbonyl (C=O) groups excluding carboxylic acids is 1. The highest BCUT2D eigenvalue weighted by Crippen LogP contribution is 2.34. The van der Waals surface area contributed by atoms with Crippen LogP contribution in [0.15, 0.2) is 46.0 Å². The van der Waals surface area contributed by atoms with Gasteiger partial charge in [-0.3, -0.25) is 19.7 Å². The van der Waals surface area contributed by atoms with Gasteiger partial charge < -0.3 is 10.0 Å². The van der Waals surface area contributed by atoms with Gasteiger partial charge in [0.25, 0.3) is 5.91 Å². The molecule has 0 radical (unpaired) electrons. The number of carbonyl (C=O) groups is 1. The second kappa shape index (κ2) is 11.3. The van der Waals surface area contributed by atoms with Gasteiger partial charge in [-0.15, -0.1) is 0 Å². The summed E-state index contributed by atoms with van der Waals surface area (Å²) in [6.45, 7) is 10.4. The molecule has 0 saturated carbocycles. The Kier molecular flexibility index (Phi) is 8.40. The molecule has 2 fully saturated rings. The fraction of sp³-hybridized carbons (Fsp3) is 0.536. The second-order valence-electron chi connectivity index (χ2n) is 10.1. The van der Waals surface area contributed by atoms with Crippen LogP contribution in [0, 0.1) is 19.8 Å². The van der Waals surface area contributed by atoms with Crippen LogP contribution >= 0.6 is 15.9 Å². The van der Waals surface area contributed by atoms with Crippen LogP contribution in [0.2, 0.25) is 0 Å². The van der Waals surface area contributed by atoms with Crippen molar-refractivity contribution in [3.8, 4) is 0 Å². The maximum absolute atomic E-state index is 13.2. The molecule has 2 aliphatic heterocycles. The van der Waals surface area contributed by atoms with E-state index in [4.69, 9.17) is 4.99 Å². The van der Waals surface area contributed by atoms with Gasteiger partial charge in [0, 0.05) is 40.9 Å². The molecule has 6 nitrogen and oxygen atoms in total. The smallest absolute Gasteiger partial charge is 0.255 e. The third-order valence-electron chi connectivity index (χ3n) is 7.86. The van der Waals surface area contributed by atoms with Crippen LogP contribution in [0.1, 0.15) is 59.8 Å². The molecular formula is C28H37BrN4O2. The number of likely N-dealkylation sites (tertiary alicyclic amines) is 2. The SMILES string of the molecule is Cc1ccnc(C)c1C(=O)N1CCC(C)(N2CCC(C(=NCCO)c3ccc(Br)cc3)CC2)CC1. The van der Waals surface area contributed by atoms with Crippen molar-refractivity contribution in [2.24, 2.45) is 10.9 Å². The molecule has 1 aromatic carbocycles. The van der Waals surface area contributed by atoms with E-state index in [0.717, 1.165) is 84.4 Å². The van der Waals surface area contributed by atoms with Crippen LogP contribution in [0.25, 0.3) is 0 Å². The molecule has 0 unspecified atom stereocenters. The molecular weight excluding hydrogens is 504 g/mol. The summed E-state index contributed by atoms with van der Waals surface area (Å²) in [5.41, 5.74) is 4.97. The Hall–Kier alpha value is -2.09. The summed E-state index contributed by atoms with van der Waals surface area (Å²) < 4.78 is 1.06. The maximum Gasteiger partial charge on any atom is 0.255 e. The molecule has 2 aromatic rings. The highest BCUT2D eigenvalue weighted by atomic mass is 79.9. The highest BCUT2D eigenvalue weighted by Gasteiger charge is 2.39. The number of halogens is 1. The molecule has 35 heavy (non-hydrogen) atoms. The number of aliphatic imine (C=N–C) groups is 1. The molecule has 3 heterocycles. The van der Waals surface area contributed by atoms with Gasteiger partial charge in [-0.25, -0.2) is 0 Å². The van der Waals surface area contributed by atoms with Crippen molar-refractivity contribution >= 4 is 27.5 Å². The quantitative estimate of drug-likeness (QED) is 0.541. The van der Waals surface area contributed by atoms with E-state index in [1.165, 1.54) is 0 Å². The van der Waals surface area contributed by atoms with Gasteiger partial charge in [-0.1, -0.05) is 28.1 Å². The van der Waals surface area contributed by atoms with E-state index in [2.05, 4.69) is 57.0 Å². The molecule has 0 aliphatic carbocycles. The summed E-state index contributed by atoms with van der Waals surface area (Å²) in [4.78, 5) is 27.0. The molecule has 0 atom stereocenters. The van der Waals surface area contributed by atoms with Crippen molar-refractivity contribution in [1.82, 2.24) is 14.8 Å². The molecule has 1 N–H and O–H groups in total. The number of aliphatic hydroxyl groups is 1.